The number of carbonyl (C=O) groups excluding carboxylic acids is 1. The maximum Gasteiger partial charge on any atom is 0.416 e. The van der Waals surface area contributed by atoms with Crippen molar-refractivity contribution in [1.82, 2.24) is 5.32 Å². The molecule has 0 aliphatic heterocycles. The average Bonchev–Trinajstić information content (AvgIpc) is 3.05. The van der Waals surface area contributed by atoms with Crippen molar-refractivity contribution < 1.29 is 27.9 Å². The molecule has 21 heavy (non-hydrogen) atoms. The molecule has 0 radical (unpaired) electrons. The molecule has 5 nitrogen and oxygen atoms in total. The quantitative estimate of drug-likeness (QED) is 0.803. The van der Waals surface area contributed by atoms with Gasteiger partial charge in [0.05, 0.1) is 16.8 Å². The number of carboxylic acid groups (broad SMARTS) is 1. The number of aromatic carboxylic acids is 1. The fourth-order valence-electron chi connectivity index (χ4n) is 1.75. The molecular formula is C13H13F3N2O3. The van der Waals surface area contributed by atoms with E-state index < -0.39 is 29.3 Å². The number of benzene rings is 1. The molecule has 3 N–H and O–H groups in total. The van der Waals surface area contributed by atoms with E-state index in [-0.39, 0.29) is 11.2 Å². The van der Waals surface area contributed by atoms with Crippen LogP contribution in [0.15, 0.2) is 18.2 Å². The second-order valence-corrected chi connectivity index (χ2v) is 5.20. The second-order valence-electron chi connectivity index (χ2n) is 5.20. The van der Waals surface area contributed by atoms with Gasteiger partial charge in [-0.05, 0) is 38.0 Å². The summed E-state index contributed by atoms with van der Waals surface area (Å²) in [6, 6.07) is 1.51. The lowest BCUT2D eigenvalue weighted by molar-refractivity contribution is -0.137. The van der Waals surface area contributed by atoms with Gasteiger partial charge in [0.15, 0.2) is 0 Å². The molecule has 0 bridgehead atoms. The number of carboxylic acids is 1. The number of carbonyl (C=O) groups is 2. The summed E-state index contributed by atoms with van der Waals surface area (Å²) in [5.41, 5.74) is -2.20. The second kappa shape index (κ2) is 4.94. The first-order chi connectivity index (χ1) is 9.61. The molecule has 1 aliphatic rings. The van der Waals surface area contributed by atoms with Crippen molar-refractivity contribution in [2.45, 2.75) is 31.5 Å². The summed E-state index contributed by atoms with van der Waals surface area (Å²) in [6.45, 7) is 1.82. The zero-order valence-electron chi connectivity index (χ0n) is 11.0. The van der Waals surface area contributed by atoms with Crippen LogP contribution >= 0.6 is 0 Å². The Morgan fingerprint density at radius 2 is 1.90 bits per heavy atom. The molecule has 0 saturated heterocycles. The molecule has 1 saturated carbocycles. The van der Waals surface area contributed by atoms with E-state index >= 15 is 0 Å². The van der Waals surface area contributed by atoms with Crippen LogP contribution in [-0.4, -0.2) is 22.6 Å². The van der Waals surface area contributed by atoms with E-state index in [0.29, 0.717) is 6.07 Å². The Morgan fingerprint density at radius 1 is 1.29 bits per heavy atom. The lowest BCUT2D eigenvalue weighted by Crippen LogP contribution is -2.37. The van der Waals surface area contributed by atoms with Gasteiger partial charge in [0.25, 0.3) is 0 Å². The van der Waals surface area contributed by atoms with Crippen LogP contribution in [0.2, 0.25) is 0 Å². The number of nitrogens with one attached hydrogen (secondary N) is 2. The van der Waals surface area contributed by atoms with Gasteiger partial charge in [-0.25, -0.2) is 9.59 Å². The molecule has 114 valence electrons. The Hall–Kier alpha value is -2.25. The molecule has 1 aliphatic carbocycles. The van der Waals surface area contributed by atoms with Crippen LogP contribution in [0.1, 0.15) is 35.7 Å². The van der Waals surface area contributed by atoms with Crippen molar-refractivity contribution in [1.29, 1.82) is 0 Å². The predicted octanol–water partition coefficient (Wildman–Crippen LogP) is 3.08. The van der Waals surface area contributed by atoms with Crippen LogP contribution in [0.5, 0.6) is 0 Å². The maximum atomic E-state index is 12.6. The first-order valence-corrected chi connectivity index (χ1v) is 6.14. The molecule has 1 aromatic rings. The van der Waals surface area contributed by atoms with Crippen LogP contribution in [-0.2, 0) is 6.18 Å². The van der Waals surface area contributed by atoms with E-state index in [1.54, 1.807) is 0 Å². The monoisotopic (exact) mass is 302 g/mol. The molecule has 0 spiro atoms. The first kappa shape index (κ1) is 15.1. The molecule has 0 aromatic heterocycles. The third-order valence-corrected chi connectivity index (χ3v) is 3.24. The molecule has 0 atom stereocenters. The summed E-state index contributed by atoms with van der Waals surface area (Å²) in [6.07, 6.45) is -3.04. The highest BCUT2D eigenvalue weighted by atomic mass is 19.4. The topological polar surface area (TPSA) is 78.4 Å². The third kappa shape index (κ3) is 3.65. The van der Waals surface area contributed by atoms with Gasteiger partial charge in [-0.15, -0.1) is 0 Å². The minimum atomic E-state index is -4.65. The average molecular weight is 302 g/mol. The largest absolute Gasteiger partial charge is 0.478 e. The number of rotatable bonds is 3. The molecule has 2 rings (SSSR count). The summed E-state index contributed by atoms with van der Waals surface area (Å²) in [7, 11) is 0. The van der Waals surface area contributed by atoms with E-state index in [0.717, 1.165) is 25.0 Å². The van der Waals surface area contributed by atoms with Crippen molar-refractivity contribution in [2.75, 3.05) is 5.32 Å². The van der Waals surface area contributed by atoms with Gasteiger partial charge in [-0.1, -0.05) is 0 Å². The summed E-state index contributed by atoms with van der Waals surface area (Å²) in [4.78, 5) is 22.7. The number of anilines is 1. The van der Waals surface area contributed by atoms with E-state index in [1.807, 2.05) is 6.92 Å². The number of urea groups is 1. The number of hydrogen-bond donors (Lipinski definition) is 3. The Labute approximate surface area is 118 Å². The third-order valence-electron chi connectivity index (χ3n) is 3.24. The molecular weight excluding hydrogens is 289 g/mol. The summed E-state index contributed by atoms with van der Waals surface area (Å²) < 4.78 is 37.7. The summed E-state index contributed by atoms with van der Waals surface area (Å²) in [5, 5.41) is 13.9. The van der Waals surface area contributed by atoms with E-state index in [2.05, 4.69) is 10.6 Å². The van der Waals surface area contributed by atoms with Crippen LogP contribution in [0.3, 0.4) is 0 Å². The molecule has 2 amide bonds. The van der Waals surface area contributed by atoms with Gasteiger partial charge in [0, 0.05) is 5.54 Å². The number of amides is 2. The highest BCUT2D eigenvalue weighted by molar-refractivity contribution is 6.00. The summed E-state index contributed by atoms with van der Waals surface area (Å²) in [5.74, 6) is -1.55. The van der Waals surface area contributed by atoms with E-state index in [1.165, 1.54) is 0 Å². The van der Waals surface area contributed by atoms with Gasteiger partial charge in [0.1, 0.15) is 0 Å². The Bertz CT molecular complexity index is 595. The predicted molar refractivity (Wildman–Crippen MR) is 68.2 cm³/mol. The van der Waals surface area contributed by atoms with Crippen molar-refractivity contribution in [3.63, 3.8) is 0 Å². The van der Waals surface area contributed by atoms with Crippen molar-refractivity contribution in [3.05, 3.63) is 29.3 Å². The van der Waals surface area contributed by atoms with E-state index in [4.69, 9.17) is 5.11 Å². The van der Waals surface area contributed by atoms with Crippen LogP contribution < -0.4 is 10.6 Å². The Morgan fingerprint density at radius 3 is 2.38 bits per heavy atom. The van der Waals surface area contributed by atoms with Crippen LogP contribution in [0.25, 0.3) is 0 Å². The first-order valence-electron chi connectivity index (χ1n) is 6.14. The van der Waals surface area contributed by atoms with Gasteiger partial charge in [-0.3, -0.25) is 0 Å². The molecule has 8 heteroatoms. The molecule has 1 aromatic carbocycles. The molecule has 0 unspecified atom stereocenters. The Kier molecular flexibility index (Phi) is 3.56. The van der Waals surface area contributed by atoms with Gasteiger partial charge in [-0.2, -0.15) is 13.2 Å². The van der Waals surface area contributed by atoms with Gasteiger partial charge in [0.2, 0.25) is 0 Å². The van der Waals surface area contributed by atoms with Crippen LogP contribution in [0.4, 0.5) is 23.7 Å². The van der Waals surface area contributed by atoms with Crippen molar-refractivity contribution >= 4 is 17.7 Å². The minimum Gasteiger partial charge on any atom is -0.478 e. The zero-order chi connectivity index (χ0) is 15.8. The molecule has 1 fully saturated rings. The van der Waals surface area contributed by atoms with Crippen molar-refractivity contribution in [3.8, 4) is 0 Å². The van der Waals surface area contributed by atoms with Gasteiger partial charge < -0.3 is 15.7 Å². The zero-order valence-corrected chi connectivity index (χ0v) is 11.0. The lowest BCUT2D eigenvalue weighted by atomic mass is 10.1. The standard InChI is InChI=1S/C13H13F3N2O3/c1-12(4-5-12)18-11(21)17-9-3-2-7(13(14,15)16)6-8(9)10(19)20/h2-3,6H,4-5H2,1H3,(H,19,20)(H2,17,18,21). The lowest BCUT2D eigenvalue weighted by Gasteiger charge is -2.15. The molecule has 0 heterocycles. The Balaban J connectivity index is 2.22. The minimum absolute atomic E-state index is 0.183. The van der Waals surface area contributed by atoms with Gasteiger partial charge >= 0.3 is 18.2 Å². The SMILES string of the molecule is CC1(NC(=O)Nc2ccc(C(F)(F)F)cc2C(=O)O)CC1. The number of alkyl halides is 3. The van der Waals surface area contributed by atoms with Crippen LogP contribution in [0, 0.1) is 0 Å². The fourth-order valence-corrected chi connectivity index (χ4v) is 1.75. The number of hydrogen-bond acceptors (Lipinski definition) is 2. The van der Waals surface area contributed by atoms with Crippen molar-refractivity contribution in [2.24, 2.45) is 0 Å². The normalized spacial score (nSPS) is 16.2. The maximum absolute atomic E-state index is 12.6. The van der Waals surface area contributed by atoms with E-state index in [9.17, 15) is 22.8 Å². The summed E-state index contributed by atoms with van der Waals surface area (Å²) >= 11 is 0. The highest BCUT2D eigenvalue weighted by Gasteiger charge is 2.39. The highest BCUT2D eigenvalue weighted by Crippen LogP contribution is 2.35. The number of halogens is 3. The smallest absolute Gasteiger partial charge is 0.416 e. The fraction of sp³-hybridized carbons (Fsp3) is 0.385.